The highest BCUT2D eigenvalue weighted by molar-refractivity contribution is 6.74. The quantitative estimate of drug-likeness (QED) is 0.799. The van der Waals surface area contributed by atoms with Crippen LogP contribution in [-0.4, -0.2) is 15.4 Å². The summed E-state index contributed by atoms with van der Waals surface area (Å²) in [5.41, 5.74) is 1.09. The van der Waals surface area contributed by atoms with Crippen LogP contribution in [0, 0.1) is 0 Å². The van der Waals surface area contributed by atoms with Gasteiger partial charge in [0.15, 0.2) is 0 Å². The van der Waals surface area contributed by atoms with Gasteiger partial charge in [-0.25, -0.2) is 0 Å². The lowest BCUT2D eigenvalue weighted by Gasteiger charge is -2.36. The summed E-state index contributed by atoms with van der Waals surface area (Å²) >= 11 is 0. The van der Waals surface area contributed by atoms with Crippen LogP contribution in [0.15, 0.2) is 24.3 Å². The second-order valence-corrected chi connectivity index (χ2v) is 10.4. The fourth-order valence-corrected chi connectivity index (χ4v) is 2.19. The Kier molecular flexibility index (Phi) is 3.68. The second-order valence-electron chi connectivity index (χ2n) is 5.64. The van der Waals surface area contributed by atoms with Crippen LogP contribution in [0.1, 0.15) is 20.8 Å². The Morgan fingerprint density at radius 2 is 1.81 bits per heavy atom. The van der Waals surface area contributed by atoms with Gasteiger partial charge in [0.05, 0.1) is 0 Å². The van der Waals surface area contributed by atoms with E-state index in [1.165, 1.54) is 0 Å². The van der Waals surface area contributed by atoms with Crippen LogP contribution in [0.4, 0.5) is 5.69 Å². The number of hydrogen-bond acceptors (Lipinski definition) is 2. The minimum absolute atomic E-state index is 0.239. The van der Waals surface area contributed by atoms with Gasteiger partial charge in [-0.1, -0.05) is 26.8 Å². The molecule has 0 aliphatic heterocycles. The minimum Gasteiger partial charge on any atom is -0.543 e. The summed E-state index contributed by atoms with van der Waals surface area (Å²) in [4.78, 5) is 0. The number of anilines is 1. The Balaban J connectivity index is 2.88. The molecular formula is C13H23NOSi. The highest BCUT2D eigenvalue weighted by Gasteiger charge is 2.38. The van der Waals surface area contributed by atoms with Gasteiger partial charge in [-0.3, -0.25) is 0 Å². The van der Waals surface area contributed by atoms with E-state index in [4.69, 9.17) is 4.43 Å². The predicted molar refractivity (Wildman–Crippen MR) is 73.8 cm³/mol. The standard InChI is InChI=1S/C13H23NOSi/c1-13(2,3)16(5,6)15-12-9-7-8-11(10-12)14-4/h7-10,14H,1-6H3. The molecule has 2 nitrogen and oxygen atoms in total. The van der Waals surface area contributed by atoms with E-state index in [9.17, 15) is 0 Å². The molecule has 1 rings (SSSR count). The van der Waals surface area contributed by atoms with E-state index in [1.54, 1.807) is 0 Å². The summed E-state index contributed by atoms with van der Waals surface area (Å²) in [6.07, 6.45) is 0. The molecule has 0 amide bonds. The average molecular weight is 237 g/mol. The summed E-state index contributed by atoms with van der Waals surface area (Å²) in [6.45, 7) is 11.3. The van der Waals surface area contributed by atoms with Gasteiger partial charge in [0, 0.05) is 18.8 Å². The molecule has 90 valence electrons. The van der Waals surface area contributed by atoms with Gasteiger partial charge in [-0.05, 0) is 30.3 Å². The van der Waals surface area contributed by atoms with Crippen molar-refractivity contribution in [2.45, 2.75) is 38.9 Å². The van der Waals surface area contributed by atoms with Crippen LogP contribution < -0.4 is 9.74 Å². The smallest absolute Gasteiger partial charge is 0.250 e. The zero-order valence-electron chi connectivity index (χ0n) is 11.2. The molecule has 0 heterocycles. The van der Waals surface area contributed by atoms with E-state index in [0.717, 1.165) is 11.4 Å². The fourth-order valence-electron chi connectivity index (χ4n) is 1.16. The molecule has 16 heavy (non-hydrogen) atoms. The molecule has 0 aromatic heterocycles. The maximum absolute atomic E-state index is 6.21. The van der Waals surface area contributed by atoms with Crippen LogP contribution in [0.3, 0.4) is 0 Å². The third kappa shape index (κ3) is 3.01. The van der Waals surface area contributed by atoms with Crippen molar-refractivity contribution in [3.05, 3.63) is 24.3 Å². The molecule has 1 N–H and O–H groups in total. The lowest BCUT2D eigenvalue weighted by Crippen LogP contribution is -2.43. The van der Waals surface area contributed by atoms with E-state index in [0.29, 0.717) is 0 Å². The van der Waals surface area contributed by atoms with E-state index < -0.39 is 8.32 Å². The van der Waals surface area contributed by atoms with Crippen LogP contribution >= 0.6 is 0 Å². The monoisotopic (exact) mass is 237 g/mol. The van der Waals surface area contributed by atoms with Gasteiger partial charge in [0.2, 0.25) is 8.32 Å². The van der Waals surface area contributed by atoms with Crippen LogP contribution in [0.2, 0.25) is 18.1 Å². The van der Waals surface area contributed by atoms with Gasteiger partial charge < -0.3 is 9.74 Å². The molecule has 1 aromatic rings. The first-order valence-electron chi connectivity index (χ1n) is 5.73. The Labute approximate surface area is 100 Å². The Morgan fingerprint density at radius 1 is 1.19 bits per heavy atom. The van der Waals surface area contributed by atoms with Crippen molar-refractivity contribution in [3.63, 3.8) is 0 Å². The van der Waals surface area contributed by atoms with E-state index in [-0.39, 0.29) is 5.04 Å². The number of benzene rings is 1. The Hall–Kier alpha value is -0.963. The van der Waals surface area contributed by atoms with Crippen molar-refractivity contribution in [1.29, 1.82) is 0 Å². The minimum atomic E-state index is -1.71. The normalized spacial score (nSPS) is 12.4. The molecule has 0 saturated carbocycles. The molecule has 0 spiro atoms. The SMILES string of the molecule is CNc1cccc(O[Si](C)(C)C(C)(C)C)c1. The van der Waals surface area contributed by atoms with Crippen molar-refractivity contribution >= 4 is 14.0 Å². The summed E-state index contributed by atoms with van der Waals surface area (Å²) in [6, 6.07) is 8.15. The Morgan fingerprint density at radius 3 is 2.31 bits per heavy atom. The molecule has 0 bridgehead atoms. The third-order valence-electron chi connectivity index (χ3n) is 3.30. The molecule has 0 saturated heterocycles. The zero-order valence-corrected chi connectivity index (χ0v) is 12.2. The van der Waals surface area contributed by atoms with Crippen molar-refractivity contribution in [3.8, 4) is 5.75 Å². The van der Waals surface area contributed by atoms with E-state index in [1.807, 2.05) is 25.2 Å². The summed E-state index contributed by atoms with van der Waals surface area (Å²) < 4.78 is 6.21. The predicted octanol–water partition coefficient (Wildman–Crippen LogP) is 4.11. The van der Waals surface area contributed by atoms with Gasteiger partial charge >= 0.3 is 0 Å². The van der Waals surface area contributed by atoms with Crippen molar-refractivity contribution in [2.75, 3.05) is 12.4 Å². The van der Waals surface area contributed by atoms with E-state index >= 15 is 0 Å². The first-order chi connectivity index (χ1) is 7.26. The largest absolute Gasteiger partial charge is 0.543 e. The first kappa shape index (κ1) is 13.1. The molecule has 3 heteroatoms. The third-order valence-corrected chi connectivity index (χ3v) is 7.66. The van der Waals surface area contributed by atoms with Gasteiger partial charge in [-0.2, -0.15) is 0 Å². The molecule has 0 radical (unpaired) electrons. The van der Waals surface area contributed by atoms with Crippen LogP contribution in [-0.2, 0) is 0 Å². The number of hydrogen-bond donors (Lipinski definition) is 1. The lowest BCUT2D eigenvalue weighted by atomic mass is 10.2. The average Bonchev–Trinajstić information content (AvgIpc) is 2.15. The number of rotatable bonds is 3. The summed E-state index contributed by atoms with van der Waals surface area (Å²) in [7, 11) is 0.213. The number of nitrogens with one attached hydrogen (secondary N) is 1. The highest BCUT2D eigenvalue weighted by Crippen LogP contribution is 2.37. The Bertz CT molecular complexity index is 355. The van der Waals surface area contributed by atoms with Crippen LogP contribution in [0.5, 0.6) is 5.75 Å². The molecular weight excluding hydrogens is 214 g/mol. The first-order valence-corrected chi connectivity index (χ1v) is 8.64. The molecule has 0 aliphatic carbocycles. The van der Waals surface area contributed by atoms with E-state index in [2.05, 4.69) is 45.2 Å². The molecule has 0 unspecified atom stereocenters. The second kappa shape index (κ2) is 4.50. The maximum atomic E-state index is 6.21. The zero-order chi connectivity index (χ0) is 12.4. The van der Waals surface area contributed by atoms with Gasteiger partial charge in [0.25, 0.3) is 0 Å². The van der Waals surface area contributed by atoms with Gasteiger partial charge in [0.1, 0.15) is 5.75 Å². The molecule has 1 aromatic carbocycles. The van der Waals surface area contributed by atoms with Crippen molar-refractivity contribution < 1.29 is 4.43 Å². The van der Waals surface area contributed by atoms with Crippen LogP contribution in [0.25, 0.3) is 0 Å². The molecule has 0 fully saturated rings. The summed E-state index contributed by atoms with van der Waals surface area (Å²) in [5.74, 6) is 0.971. The fraction of sp³-hybridized carbons (Fsp3) is 0.538. The topological polar surface area (TPSA) is 21.3 Å². The molecule has 0 atom stereocenters. The molecule has 0 aliphatic rings. The van der Waals surface area contributed by atoms with Gasteiger partial charge in [-0.15, -0.1) is 0 Å². The summed E-state index contributed by atoms with van der Waals surface area (Å²) in [5, 5.41) is 3.37. The lowest BCUT2D eigenvalue weighted by molar-refractivity contribution is 0.492. The highest BCUT2D eigenvalue weighted by atomic mass is 28.4. The maximum Gasteiger partial charge on any atom is 0.250 e. The van der Waals surface area contributed by atoms with Crippen molar-refractivity contribution in [2.24, 2.45) is 0 Å². The van der Waals surface area contributed by atoms with Crippen molar-refractivity contribution in [1.82, 2.24) is 0 Å².